The third-order valence-corrected chi connectivity index (χ3v) is 3.71. The van der Waals surface area contributed by atoms with Crippen molar-refractivity contribution in [2.45, 2.75) is 59.3 Å². The lowest BCUT2D eigenvalue weighted by Crippen LogP contribution is -2.34. The first-order valence-corrected chi connectivity index (χ1v) is 6.57. The summed E-state index contributed by atoms with van der Waals surface area (Å²) < 4.78 is 0. The summed E-state index contributed by atoms with van der Waals surface area (Å²) in [7, 11) is 0. The first-order valence-electron chi connectivity index (χ1n) is 6.57. The zero-order valence-corrected chi connectivity index (χ0v) is 10.3. The lowest BCUT2D eigenvalue weighted by atomic mass is 10.0. The van der Waals surface area contributed by atoms with Crippen molar-refractivity contribution in [3.63, 3.8) is 0 Å². The van der Waals surface area contributed by atoms with Gasteiger partial charge in [0.05, 0.1) is 0 Å². The van der Waals surface area contributed by atoms with Crippen molar-refractivity contribution in [3.05, 3.63) is 0 Å². The third-order valence-electron chi connectivity index (χ3n) is 3.71. The van der Waals surface area contributed by atoms with Gasteiger partial charge in [0.2, 0.25) is 0 Å². The van der Waals surface area contributed by atoms with E-state index in [1.807, 2.05) is 13.8 Å². The first kappa shape index (κ1) is 12.0. The maximum Gasteiger partial charge on any atom is 0.00379 e. The molecule has 2 rings (SSSR count). The minimum absolute atomic E-state index is 0.775. The molecule has 1 heterocycles. The van der Waals surface area contributed by atoms with Crippen LogP contribution in [-0.4, -0.2) is 24.5 Å². The molecule has 0 amide bonds. The van der Waals surface area contributed by atoms with Crippen LogP contribution < -0.4 is 0 Å². The second kappa shape index (κ2) is 5.75. The molecule has 14 heavy (non-hydrogen) atoms. The average molecular weight is 197 g/mol. The number of likely N-dealkylation sites (tertiary alicyclic amines) is 1. The number of rotatable bonds is 3. The molecule has 1 heteroatoms. The highest BCUT2D eigenvalue weighted by atomic mass is 15.1. The molecular formula is C13H27N. The molecule has 0 spiro atoms. The molecule has 1 aliphatic carbocycles. The molecule has 2 aliphatic rings. The second-order valence-corrected chi connectivity index (χ2v) is 4.69. The molecule has 0 bridgehead atoms. The highest BCUT2D eigenvalue weighted by molar-refractivity contribution is 4.94. The van der Waals surface area contributed by atoms with Crippen LogP contribution >= 0.6 is 0 Å². The summed E-state index contributed by atoms with van der Waals surface area (Å²) in [5.74, 6) is 0. The fraction of sp³-hybridized carbons (Fsp3) is 1.00. The fourth-order valence-electron chi connectivity index (χ4n) is 2.39. The van der Waals surface area contributed by atoms with Crippen molar-refractivity contribution >= 4 is 0 Å². The van der Waals surface area contributed by atoms with Crippen LogP contribution in [-0.2, 0) is 0 Å². The zero-order chi connectivity index (χ0) is 10.4. The molecule has 0 N–H and O–H groups in total. The van der Waals surface area contributed by atoms with Crippen molar-refractivity contribution < 1.29 is 0 Å². The van der Waals surface area contributed by atoms with Gasteiger partial charge in [0.25, 0.3) is 0 Å². The molecule has 84 valence electrons. The predicted octanol–water partition coefficient (Wildman–Crippen LogP) is 3.69. The summed E-state index contributed by atoms with van der Waals surface area (Å²) in [5.41, 5.74) is 0.775. The highest BCUT2D eigenvalue weighted by Gasteiger charge is 2.41. The van der Waals surface area contributed by atoms with Crippen LogP contribution in [0, 0.1) is 5.41 Å². The van der Waals surface area contributed by atoms with E-state index in [2.05, 4.69) is 11.8 Å². The van der Waals surface area contributed by atoms with Gasteiger partial charge < -0.3 is 4.90 Å². The standard InChI is InChI=1S/C11H21N.C2H6/c1-2-11(6-7-11)10-12-8-4-3-5-9-12;1-2/h2-10H2,1H3;1-2H3. The predicted molar refractivity (Wildman–Crippen MR) is 63.6 cm³/mol. The number of piperidine rings is 1. The summed E-state index contributed by atoms with van der Waals surface area (Å²) in [6.07, 6.45) is 8.76. The molecule has 2 fully saturated rings. The summed E-state index contributed by atoms with van der Waals surface area (Å²) in [5, 5.41) is 0. The quantitative estimate of drug-likeness (QED) is 0.667. The van der Waals surface area contributed by atoms with Gasteiger partial charge in [-0.2, -0.15) is 0 Å². The molecule has 0 atom stereocenters. The Morgan fingerprint density at radius 1 is 1.00 bits per heavy atom. The molecular weight excluding hydrogens is 170 g/mol. The molecule has 0 aromatic carbocycles. The van der Waals surface area contributed by atoms with Gasteiger partial charge in [-0.1, -0.05) is 27.2 Å². The van der Waals surface area contributed by atoms with E-state index in [1.54, 1.807) is 0 Å². The Bertz CT molecular complexity index is 143. The maximum absolute atomic E-state index is 2.69. The van der Waals surface area contributed by atoms with E-state index in [-0.39, 0.29) is 0 Å². The zero-order valence-electron chi connectivity index (χ0n) is 10.3. The summed E-state index contributed by atoms with van der Waals surface area (Å²) >= 11 is 0. The Morgan fingerprint density at radius 3 is 2.00 bits per heavy atom. The van der Waals surface area contributed by atoms with E-state index in [1.165, 1.54) is 58.2 Å². The van der Waals surface area contributed by atoms with Crippen LogP contribution in [0.3, 0.4) is 0 Å². The molecule has 1 nitrogen and oxygen atoms in total. The SMILES string of the molecule is CC.CCC1(CN2CCCCC2)CC1. The van der Waals surface area contributed by atoms with E-state index in [9.17, 15) is 0 Å². The van der Waals surface area contributed by atoms with Gasteiger partial charge in [-0.15, -0.1) is 0 Å². The maximum atomic E-state index is 2.69. The van der Waals surface area contributed by atoms with E-state index in [4.69, 9.17) is 0 Å². The van der Waals surface area contributed by atoms with Crippen molar-refractivity contribution in [3.8, 4) is 0 Å². The van der Waals surface area contributed by atoms with Gasteiger partial charge in [0.1, 0.15) is 0 Å². The van der Waals surface area contributed by atoms with Gasteiger partial charge >= 0.3 is 0 Å². The van der Waals surface area contributed by atoms with Gasteiger partial charge in [-0.05, 0) is 50.6 Å². The Morgan fingerprint density at radius 2 is 1.57 bits per heavy atom. The van der Waals surface area contributed by atoms with E-state index in [0.29, 0.717) is 0 Å². The second-order valence-electron chi connectivity index (χ2n) is 4.69. The van der Waals surface area contributed by atoms with Crippen LogP contribution in [0.15, 0.2) is 0 Å². The Labute approximate surface area is 89.9 Å². The van der Waals surface area contributed by atoms with Crippen molar-refractivity contribution in [2.75, 3.05) is 19.6 Å². The summed E-state index contributed by atoms with van der Waals surface area (Å²) in [6.45, 7) is 10.5. The highest BCUT2D eigenvalue weighted by Crippen LogP contribution is 2.49. The smallest absolute Gasteiger partial charge is 0.00379 e. The van der Waals surface area contributed by atoms with Crippen molar-refractivity contribution in [1.82, 2.24) is 4.90 Å². The van der Waals surface area contributed by atoms with Crippen LogP contribution in [0.4, 0.5) is 0 Å². The molecule has 0 aromatic heterocycles. The topological polar surface area (TPSA) is 3.24 Å². The van der Waals surface area contributed by atoms with E-state index in [0.717, 1.165) is 5.41 Å². The lowest BCUT2D eigenvalue weighted by molar-refractivity contribution is 0.183. The molecule has 0 unspecified atom stereocenters. The van der Waals surface area contributed by atoms with Gasteiger partial charge in [0, 0.05) is 6.54 Å². The molecule has 1 aliphatic heterocycles. The van der Waals surface area contributed by atoms with Gasteiger partial charge in [-0.3, -0.25) is 0 Å². The Kier molecular flexibility index (Phi) is 4.94. The summed E-state index contributed by atoms with van der Waals surface area (Å²) in [4.78, 5) is 2.69. The minimum atomic E-state index is 0.775. The van der Waals surface area contributed by atoms with E-state index >= 15 is 0 Å². The number of nitrogens with zero attached hydrogens (tertiary/aromatic N) is 1. The van der Waals surface area contributed by atoms with Crippen LogP contribution in [0.5, 0.6) is 0 Å². The number of hydrogen-bond donors (Lipinski definition) is 0. The Hall–Kier alpha value is -0.0400. The minimum Gasteiger partial charge on any atom is -0.303 e. The van der Waals surface area contributed by atoms with Crippen molar-refractivity contribution in [2.24, 2.45) is 5.41 Å². The normalized spacial score (nSPS) is 25.1. The largest absolute Gasteiger partial charge is 0.303 e. The third kappa shape index (κ3) is 3.27. The summed E-state index contributed by atoms with van der Waals surface area (Å²) in [6, 6.07) is 0. The lowest BCUT2D eigenvalue weighted by Gasteiger charge is -2.30. The molecule has 1 saturated heterocycles. The average Bonchev–Trinajstić information content (AvgIpc) is 3.03. The van der Waals surface area contributed by atoms with Gasteiger partial charge in [0.15, 0.2) is 0 Å². The molecule has 1 saturated carbocycles. The number of hydrogen-bond acceptors (Lipinski definition) is 1. The Balaban J connectivity index is 0.000000461. The molecule has 0 aromatic rings. The van der Waals surface area contributed by atoms with Gasteiger partial charge in [-0.25, -0.2) is 0 Å². The van der Waals surface area contributed by atoms with Crippen molar-refractivity contribution in [1.29, 1.82) is 0 Å². The molecule has 0 radical (unpaired) electrons. The van der Waals surface area contributed by atoms with Crippen LogP contribution in [0.25, 0.3) is 0 Å². The van der Waals surface area contributed by atoms with Crippen LogP contribution in [0.2, 0.25) is 0 Å². The monoisotopic (exact) mass is 197 g/mol. The first-order chi connectivity index (χ1) is 6.85. The fourth-order valence-corrected chi connectivity index (χ4v) is 2.39. The van der Waals surface area contributed by atoms with E-state index < -0.39 is 0 Å². The van der Waals surface area contributed by atoms with Crippen LogP contribution in [0.1, 0.15) is 59.3 Å².